The Bertz CT molecular complexity index is 392. The van der Waals surface area contributed by atoms with Gasteiger partial charge in [0.1, 0.15) is 0 Å². The van der Waals surface area contributed by atoms with Crippen LogP contribution in [0.4, 0.5) is 0 Å². The molecule has 0 aliphatic rings. The minimum Gasteiger partial charge on any atom is -0.467 e. The maximum atomic E-state index is 11.3. The molecule has 1 aromatic rings. The van der Waals surface area contributed by atoms with Gasteiger partial charge in [0.05, 0.1) is 11.4 Å². The monoisotopic (exact) mass is 277 g/mol. The molecule has 1 aromatic heterocycles. The zero-order valence-electron chi connectivity index (χ0n) is 10.1. The van der Waals surface area contributed by atoms with Crippen molar-refractivity contribution in [3.63, 3.8) is 0 Å². The van der Waals surface area contributed by atoms with Crippen LogP contribution < -0.4 is 0 Å². The van der Waals surface area contributed by atoms with Crippen LogP contribution in [0.1, 0.15) is 11.8 Å². The van der Waals surface area contributed by atoms with Gasteiger partial charge < -0.3 is 9.84 Å². The van der Waals surface area contributed by atoms with Crippen LogP contribution in [0.3, 0.4) is 0 Å². The number of carbonyl (C=O) groups is 1. The predicted molar refractivity (Wildman–Crippen MR) is 68.3 cm³/mol. The Morgan fingerprint density at radius 2 is 2.29 bits per heavy atom. The van der Waals surface area contributed by atoms with E-state index in [0.717, 1.165) is 9.21 Å². The number of halogens is 1. The van der Waals surface area contributed by atoms with Gasteiger partial charge in [0.2, 0.25) is 0 Å². The Balaban J connectivity index is 2.54. The lowest BCUT2D eigenvalue weighted by atomic mass is 10.1. The van der Waals surface area contributed by atoms with Gasteiger partial charge in [0, 0.05) is 18.0 Å². The van der Waals surface area contributed by atoms with Crippen molar-refractivity contribution >= 4 is 28.9 Å². The summed E-state index contributed by atoms with van der Waals surface area (Å²) in [6.07, 6.45) is 0. The zero-order valence-corrected chi connectivity index (χ0v) is 11.6. The molecule has 0 saturated heterocycles. The van der Waals surface area contributed by atoms with Gasteiger partial charge in [-0.1, -0.05) is 11.6 Å². The number of likely N-dealkylation sites (N-methyl/N-ethyl adjacent to an activating group) is 1. The summed E-state index contributed by atoms with van der Waals surface area (Å²) >= 11 is 7.31. The first kappa shape index (κ1) is 14.4. The molecule has 0 saturated carbocycles. The zero-order chi connectivity index (χ0) is 13.1. The molecule has 0 aliphatic heterocycles. The van der Waals surface area contributed by atoms with Gasteiger partial charge in [-0.15, -0.1) is 11.3 Å². The Kier molecular flexibility index (Phi) is 4.94. The highest BCUT2D eigenvalue weighted by Gasteiger charge is 2.32. The molecule has 1 N–H and O–H groups in total. The second-order valence-electron chi connectivity index (χ2n) is 4.14. The first-order valence-electron chi connectivity index (χ1n) is 5.08. The number of rotatable bonds is 5. The summed E-state index contributed by atoms with van der Waals surface area (Å²) in [4.78, 5) is 14.2. The van der Waals surface area contributed by atoms with Crippen LogP contribution in [-0.2, 0) is 16.1 Å². The summed E-state index contributed by atoms with van der Waals surface area (Å²) in [5, 5.41) is 9.90. The first-order valence-corrected chi connectivity index (χ1v) is 6.28. The maximum Gasteiger partial charge on any atom is 0.338 e. The van der Waals surface area contributed by atoms with Crippen molar-refractivity contribution in [1.82, 2.24) is 4.90 Å². The molecule has 4 nitrogen and oxygen atoms in total. The maximum absolute atomic E-state index is 11.3. The molecule has 17 heavy (non-hydrogen) atoms. The molecule has 1 rings (SSSR count). The first-order chi connectivity index (χ1) is 7.85. The molecule has 0 amide bonds. The summed E-state index contributed by atoms with van der Waals surface area (Å²) in [7, 11) is 3.08. The average molecular weight is 278 g/mol. The molecule has 0 bridgehead atoms. The third-order valence-corrected chi connectivity index (χ3v) is 3.47. The van der Waals surface area contributed by atoms with Crippen molar-refractivity contribution in [3.05, 3.63) is 21.3 Å². The molecule has 0 radical (unpaired) electrons. The second-order valence-corrected chi connectivity index (χ2v) is 5.94. The minimum atomic E-state index is -1.50. The minimum absolute atomic E-state index is 0.204. The fourth-order valence-electron chi connectivity index (χ4n) is 1.57. The molecule has 1 atom stereocenters. The Morgan fingerprint density at radius 1 is 1.65 bits per heavy atom. The number of ether oxygens (including phenoxy) is 1. The van der Waals surface area contributed by atoms with Crippen LogP contribution >= 0.6 is 22.9 Å². The van der Waals surface area contributed by atoms with Crippen molar-refractivity contribution in [1.29, 1.82) is 0 Å². The van der Waals surface area contributed by atoms with Gasteiger partial charge in [0.15, 0.2) is 5.60 Å². The topological polar surface area (TPSA) is 49.8 Å². The number of carbonyl (C=O) groups excluding carboxylic acids is 1. The fraction of sp³-hybridized carbons (Fsp3) is 0.545. The van der Waals surface area contributed by atoms with Gasteiger partial charge in [0.25, 0.3) is 0 Å². The molecule has 0 fully saturated rings. The van der Waals surface area contributed by atoms with Crippen LogP contribution in [-0.4, -0.2) is 42.3 Å². The molecule has 96 valence electrons. The Labute approximate surface area is 110 Å². The lowest BCUT2D eigenvalue weighted by molar-refractivity contribution is -0.162. The van der Waals surface area contributed by atoms with E-state index in [0.29, 0.717) is 6.54 Å². The van der Waals surface area contributed by atoms with Crippen molar-refractivity contribution in [2.45, 2.75) is 19.1 Å². The smallest absolute Gasteiger partial charge is 0.338 e. The normalized spacial score (nSPS) is 14.7. The third-order valence-electron chi connectivity index (χ3n) is 2.26. The van der Waals surface area contributed by atoms with E-state index in [4.69, 9.17) is 11.6 Å². The second kappa shape index (κ2) is 5.82. The van der Waals surface area contributed by atoms with Crippen LogP contribution in [0, 0.1) is 0 Å². The van der Waals surface area contributed by atoms with E-state index in [9.17, 15) is 9.90 Å². The summed E-state index contributed by atoms with van der Waals surface area (Å²) in [5.41, 5.74) is -1.50. The van der Waals surface area contributed by atoms with Gasteiger partial charge in [-0.05, 0) is 26.1 Å². The number of nitrogens with zero attached hydrogens (tertiary/aromatic N) is 1. The van der Waals surface area contributed by atoms with Crippen LogP contribution in [0.25, 0.3) is 0 Å². The SMILES string of the molecule is COC(=O)C(C)(O)CN(C)Cc1ccc(Cl)s1. The predicted octanol–water partition coefficient (Wildman–Crippen LogP) is 1.76. The van der Waals surface area contributed by atoms with E-state index in [1.807, 2.05) is 24.1 Å². The lowest BCUT2D eigenvalue weighted by Gasteiger charge is -2.26. The molecule has 1 unspecified atom stereocenters. The summed E-state index contributed by atoms with van der Waals surface area (Å²) in [6, 6.07) is 3.75. The Hall–Kier alpha value is -0.620. The fourth-order valence-corrected chi connectivity index (χ4v) is 2.74. The van der Waals surface area contributed by atoms with E-state index in [1.165, 1.54) is 25.4 Å². The van der Waals surface area contributed by atoms with Gasteiger partial charge in [-0.2, -0.15) is 0 Å². The molecule has 0 aliphatic carbocycles. The molecular weight excluding hydrogens is 262 g/mol. The standard InChI is InChI=1S/C11H16ClNO3S/c1-11(15,10(14)16-3)7-13(2)6-8-4-5-9(12)17-8/h4-5,15H,6-7H2,1-3H3. The number of hydrogen-bond donors (Lipinski definition) is 1. The number of esters is 1. The summed E-state index contributed by atoms with van der Waals surface area (Å²) in [5.74, 6) is -0.631. The highest BCUT2D eigenvalue weighted by Crippen LogP contribution is 2.22. The number of methoxy groups -OCH3 is 1. The van der Waals surface area contributed by atoms with Crippen LogP contribution in [0.15, 0.2) is 12.1 Å². The van der Waals surface area contributed by atoms with Gasteiger partial charge in [-0.25, -0.2) is 4.79 Å². The number of thiophene rings is 1. The van der Waals surface area contributed by atoms with E-state index >= 15 is 0 Å². The van der Waals surface area contributed by atoms with Gasteiger partial charge in [-0.3, -0.25) is 4.90 Å². The van der Waals surface area contributed by atoms with Crippen molar-refractivity contribution in [2.75, 3.05) is 20.7 Å². The van der Waals surface area contributed by atoms with Crippen LogP contribution in [0.5, 0.6) is 0 Å². The van der Waals surface area contributed by atoms with E-state index < -0.39 is 11.6 Å². The summed E-state index contributed by atoms with van der Waals surface area (Å²) < 4.78 is 5.27. The highest BCUT2D eigenvalue weighted by molar-refractivity contribution is 7.16. The van der Waals surface area contributed by atoms with E-state index in [2.05, 4.69) is 4.74 Å². The molecule has 0 spiro atoms. The Morgan fingerprint density at radius 3 is 2.76 bits per heavy atom. The molecule has 1 heterocycles. The quantitative estimate of drug-likeness (QED) is 0.833. The van der Waals surface area contributed by atoms with Crippen molar-refractivity contribution in [3.8, 4) is 0 Å². The van der Waals surface area contributed by atoms with Gasteiger partial charge >= 0.3 is 5.97 Å². The lowest BCUT2D eigenvalue weighted by Crippen LogP contribution is -2.45. The third kappa shape index (κ3) is 4.27. The summed E-state index contributed by atoms with van der Waals surface area (Å²) in [6.45, 7) is 2.27. The van der Waals surface area contributed by atoms with Crippen LogP contribution in [0.2, 0.25) is 4.34 Å². The number of aliphatic hydroxyl groups is 1. The molecular formula is C11H16ClNO3S. The average Bonchev–Trinajstić information content (AvgIpc) is 2.61. The molecule has 6 heteroatoms. The van der Waals surface area contributed by atoms with E-state index in [1.54, 1.807) is 0 Å². The number of hydrogen-bond acceptors (Lipinski definition) is 5. The highest BCUT2D eigenvalue weighted by atomic mass is 35.5. The van der Waals surface area contributed by atoms with E-state index in [-0.39, 0.29) is 6.54 Å². The molecule has 0 aromatic carbocycles. The van der Waals surface area contributed by atoms with Crippen molar-refractivity contribution < 1.29 is 14.6 Å². The largest absolute Gasteiger partial charge is 0.467 e. The van der Waals surface area contributed by atoms with Crippen molar-refractivity contribution in [2.24, 2.45) is 0 Å².